The standard InChI is InChI=1S/C13H14N4O2S/c14-11-12-3-5-13(6-4-12)20(18,19)16-8-2-10-17-9-1-7-15-17/h1,3-7,9,16H,2,8,10H2. The molecule has 2 aromatic rings. The van der Waals surface area contributed by atoms with E-state index in [2.05, 4.69) is 9.82 Å². The Kier molecular flexibility index (Phi) is 4.50. The molecule has 0 bridgehead atoms. The molecule has 20 heavy (non-hydrogen) atoms. The van der Waals surface area contributed by atoms with Gasteiger partial charge in [-0.25, -0.2) is 13.1 Å². The third-order valence-electron chi connectivity index (χ3n) is 2.71. The van der Waals surface area contributed by atoms with Crippen LogP contribution in [0.1, 0.15) is 12.0 Å². The monoisotopic (exact) mass is 290 g/mol. The summed E-state index contributed by atoms with van der Waals surface area (Å²) >= 11 is 0. The smallest absolute Gasteiger partial charge is 0.240 e. The molecule has 0 aliphatic carbocycles. The summed E-state index contributed by atoms with van der Waals surface area (Å²) in [6.45, 7) is 0.991. The van der Waals surface area contributed by atoms with Gasteiger partial charge in [0.15, 0.2) is 0 Å². The third kappa shape index (κ3) is 3.66. The van der Waals surface area contributed by atoms with E-state index in [-0.39, 0.29) is 4.90 Å². The van der Waals surface area contributed by atoms with Crippen LogP contribution in [-0.2, 0) is 16.6 Å². The van der Waals surface area contributed by atoms with Crippen molar-refractivity contribution in [1.82, 2.24) is 14.5 Å². The largest absolute Gasteiger partial charge is 0.273 e. The summed E-state index contributed by atoms with van der Waals surface area (Å²) in [5.41, 5.74) is 0.433. The van der Waals surface area contributed by atoms with Gasteiger partial charge in [-0.2, -0.15) is 10.4 Å². The summed E-state index contributed by atoms with van der Waals surface area (Å²) < 4.78 is 28.2. The Hall–Kier alpha value is -2.17. The third-order valence-corrected chi connectivity index (χ3v) is 4.19. The van der Waals surface area contributed by atoms with E-state index in [0.29, 0.717) is 25.1 Å². The van der Waals surface area contributed by atoms with Crippen molar-refractivity contribution in [1.29, 1.82) is 5.26 Å². The Morgan fingerprint density at radius 2 is 2.05 bits per heavy atom. The number of benzene rings is 1. The molecular weight excluding hydrogens is 276 g/mol. The number of nitrogens with zero attached hydrogens (tertiary/aromatic N) is 3. The van der Waals surface area contributed by atoms with Gasteiger partial charge in [0, 0.05) is 25.5 Å². The van der Waals surface area contributed by atoms with Crippen molar-refractivity contribution in [2.45, 2.75) is 17.9 Å². The first-order chi connectivity index (χ1) is 9.62. The molecule has 6 nitrogen and oxygen atoms in total. The van der Waals surface area contributed by atoms with Crippen molar-refractivity contribution in [2.75, 3.05) is 6.54 Å². The number of aryl methyl sites for hydroxylation is 1. The topological polar surface area (TPSA) is 87.8 Å². The van der Waals surface area contributed by atoms with Gasteiger partial charge in [-0.1, -0.05) is 0 Å². The molecule has 0 atom stereocenters. The average Bonchev–Trinajstić information content (AvgIpc) is 2.97. The Morgan fingerprint density at radius 1 is 1.30 bits per heavy atom. The van der Waals surface area contributed by atoms with E-state index < -0.39 is 10.0 Å². The van der Waals surface area contributed by atoms with Crippen molar-refractivity contribution < 1.29 is 8.42 Å². The fraction of sp³-hybridized carbons (Fsp3) is 0.231. The highest BCUT2D eigenvalue weighted by Gasteiger charge is 2.12. The van der Waals surface area contributed by atoms with Gasteiger partial charge in [-0.15, -0.1) is 0 Å². The normalized spacial score (nSPS) is 11.2. The van der Waals surface area contributed by atoms with E-state index in [4.69, 9.17) is 5.26 Å². The quantitative estimate of drug-likeness (QED) is 0.808. The molecule has 0 unspecified atom stereocenters. The first kappa shape index (κ1) is 14.2. The first-order valence-electron chi connectivity index (χ1n) is 6.09. The zero-order chi connectivity index (χ0) is 14.4. The van der Waals surface area contributed by atoms with Crippen LogP contribution in [0.2, 0.25) is 0 Å². The molecule has 7 heteroatoms. The van der Waals surface area contributed by atoms with Crippen LogP contribution in [0.5, 0.6) is 0 Å². The van der Waals surface area contributed by atoms with Crippen LogP contribution in [0.25, 0.3) is 0 Å². The van der Waals surface area contributed by atoms with E-state index in [0.717, 1.165) is 0 Å². The predicted octanol–water partition coefficient (Wildman–Crippen LogP) is 1.12. The fourth-order valence-corrected chi connectivity index (χ4v) is 2.75. The highest BCUT2D eigenvalue weighted by Crippen LogP contribution is 2.09. The van der Waals surface area contributed by atoms with Crippen molar-refractivity contribution in [3.8, 4) is 6.07 Å². The second-order valence-electron chi connectivity index (χ2n) is 4.16. The fourth-order valence-electron chi connectivity index (χ4n) is 1.67. The van der Waals surface area contributed by atoms with Crippen LogP contribution in [0, 0.1) is 11.3 Å². The van der Waals surface area contributed by atoms with E-state index in [1.54, 1.807) is 10.9 Å². The minimum atomic E-state index is -3.52. The molecule has 1 aromatic heterocycles. The van der Waals surface area contributed by atoms with Gasteiger partial charge in [0.1, 0.15) is 0 Å². The van der Waals surface area contributed by atoms with Gasteiger partial charge in [0.25, 0.3) is 0 Å². The van der Waals surface area contributed by atoms with Gasteiger partial charge in [0.05, 0.1) is 16.5 Å². The Bertz CT molecular complexity index is 685. The minimum Gasteiger partial charge on any atom is -0.273 e. The molecule has 0 amide bonds. The molecule has 1 heterocycles. The second kappa shape index (κ2) is 6.32. The number of hydrogen-bond acceptors (Lipinski definition) is 4. The molecule has 0 aliphatic heterocycles. The molecule has 0 fully saturated rings. The van der Waals surface area contributed by atoms with E-state index in [9.17, 15) is 8.42 Å². The molecule has 0 saturated carbocycles. The van der Waals surface area contributed by atoms with Gasteiger partial charge < -0.3 is 0 Å². The Morgan fingerprint density at radius 3 is 2.65 bits per heavy atom. The van der Waals surface area contributed by atoms with Gasteiger partial charge >= 0.3 is 0 Å². The number of rotatable bonds is 6. The summed E-state index contributed by atoms with van der Waals surface area (Å²) in [6, 6.07) is 9.59. The molecule has 1 aromatic carbocycles. The lowest BCUT2D eigenvalue weighted by Crippen LogP contribution is -2.25. The van der Waals surface area contributed by atoms with Crippen molar-refractivity contribution in [2.24, 2.45) is 0 Å². The van der Waals surface area contributed by atoms with Crippen LogP contribution >= 0.6 is 0 Å². The lowest BCUT2D eigenvalue weighted by molar-refractivity contribution is 0.553. The maximum atomic E-state index is 12.0. The predicted molar refractivity (Wildman–Crippen MR) is 73.2 cm³/mol. The number of sulfonamides is 1. The summed E-state index contributed by atoms with van der Waals surface area (Å²) in [6.07, 6.45) is 4.16. The van der Waals surface area contributed by atoms with Crippen molar-refractivity contribution >= 4 is 10.0 Å². The Labute approximate surface area is 117 Å². The van der Waals surface area contributed by atoms with Crippen LogP contribution in [0.4, 0.5) is 0 Å². The first-order valence-corrected chi connectivity index (χ1v) is 7.57. The zero-order valence-electron chi connectivity index (χ0n) is 10.7. The molecule has 0 spiro atoms. The maximum absolute atomic E-state index is 12.0. The van der Waals surface area contributed by atoms with Crippen molar-refractivity contribution in [3.05, 3.63) is 48.3 Å². The summed E-state index contributed by atoms with van der Waals surface area (Å²) in [4.78, 5) is 0.163. The summed E-state index contributed by atoms with van der Waals surface area (Å²) in [7, 11) is -3.52. The van der Waals surface area contributed by atoms with E-state index in [1.807, 2.05) is 18.3 Å². The number of nitrogens with one attached hydrogen (secondary N) is 1. The SMILES string of the molecule is N#Cc1ccc(S(=O)(=O)NCCCn2cccn2)cc1. The highest BCUT2D eigenvalue weighted by atomic mass is 32.2. The zero-order valence-corrected chi connectivity index (χ0v) is 11.5. The van der Waals surface area contributed by atoms with Gasteiger partial charge in [-0.3, -0.25) is 4.68 Å². The second-order valence-corrected chi connectivity index (χ2v) is 5.92. The minimum absolute atomic E-state index is 0.163. The number of hydrogen-bond donors (Lipinski definition) is 1. The Balaban J connectivity index is 1.88. The molecule has 0 aliphatic rings. The number of aromatic nitrogens is 2. The maximum Gasteiger partial charge on any atom is 0.240 e. The molecule has 0 radical (unpaired) electrons. The highest BCUT2D eigenvalue weighted by molar-refractivity contribution is 7.89. The van der Waals surface area contributed by atoms with Gasteiger partial charge in [0.2, 0.25) is 10.0 Å². The van der Waals surface area contributed by atoms with E-state index in [1.165, 1.54) is 24.3 Å². The van der Waals surface area contributed by atoms with Crippen molar-refractivity contribution in [3.63, 3.8) is 0 Å². The van der Waals surface area contributed by atoms with E-state index >= 15 is 0 Å². The molecule has 0 saturated heterocycles. The van der Waals surface area contributed by atoms with Crippen LogP contribution in [0.15, 0.2) is 47.6 Å². The molecular formula is C13H14N4O2S. The molecule has 104 valence electrons. The summed E-state index contributed by atoms with van der Waals surface area (Å²) in [5.74, 6) is 0. The lowest BCUT2D eigenvalue weighted by Gasteiger charge is -2.07. The van der Waals surface area contributed by atoms with Crippen LogP contribution in [-0.4, -0.2) is 24.7 Å². The van der Waals surface area contributed by atoms with Crippen LogP contribution in [0.3, 0.4) is 0 Å². The molecule has 2 rings (SSSR count). The van der Waals surface area contributed by atoms with Crippen LogP contribution < -0.4 is 4.72 Å². The van der Waals surface area contributed by atoms with Gasteiger partial charge in [-0.05, 0) is 36.8 Å². The lowest BCUT2D eigenvalue weighted by atomic mass is 10.2. The average molecular weight is 290 g/mol. The number of nitriles is 1. The summed E-state index contributed by atoms with van der Waals surface area (Å²) in [5, 5.41) is 12.7. The molecule has 1 N–H and O–H groups in total.